The third-order valence-electron chi connectivity index (χ3n) is 2.79. The van der Waals surface area contributed by atoms with Gasteiger partial charge < -0.3 is 4.74 Å². The van der Waals surface area contributed by atoms with Crippen LogP contribution in [0, 0.1) is 11.8 Å². The second-order valence-electron chi connectivity index (χ2n) is 4.42. The zero-order valence-electron chi connectivity index (χ0n) is 9.21. The van der Waals surface area contributed by atoms with Crippen LogP contribution in [0.5, 0.6) is 0 Å². The van der Waals surface area contributed by atoms with E-state index < -0.39 is 0 Å². The molecule has 0 saturated heterocycles. The molecule has 13 heavy (non-hydrogen) atoms. The predicted molar refractivity (Wildman–Crippen MR) is 56.1 cm³/mol. The first-order valence-electron chi connectivity index (χ1n) is 5.24. The van der Waals surface area contributed by atoms with E-state index >= 15 is 0 Å². The Balaban J connectivity index is 2.67. The summed E-state index contributed by atoms with van der Waals surface area (Å²) in [6.07, 6.45) is 3.50. The maximum Gasteiger partial charge on any atom is 0.183 e. The van der Waals surface area contributed by atoms with Gasteiger partial charge in [-0.2, -0.15) is 0 Å². The minimum atomic E-state index is 0.472. The van der Waals surface area contributed by atoms with Crippen LogP contribution in [-0.4, -0.2) is 19.0 Å². The normalized spacial score (nSPS) is 29.8. The molecule has 0 bridgehead atoms. The van der Waals surface area contributed by atoms with E-state index in [0.29, 0.717) is 12.0 Å². The van der Waals surface area contributed by atoms with Crippen molar-refractivity contribution < 1.29 is 4.74 Å². The summed E-state index contributed by atoms with van der Waals surface area (Å²) in [4.78, 5) is 4.64. The molecule has 0 aromatic heterocycles. The molecule has 0 saturated carbocycles. The number of rotatable bonds is 1. The molecule has 0 spiro atoms. The van der Waals surface area contributed by atoms with E-state index in [4.69, 9.17) is 4.74 Å². The molecule has 2 atom stereocenters. The Morgan fingerprint density at radius 3 is 2.62 bits per heavy atom. The molecule has 1 heterocycles. The fraction of sp³-hybridized carbons (Fsp3) is 0.909. The van der Waals surface area contributed by atoms with Crippen molar-refractivity contribution in [3.05, 3.63) is 0 Å². The number of methoxy groups -OCH3 is 1. The topological polar surface area (TPSA) is 21.6 Å². The van der Waals surface area contributed by atoms with E-state index in [-0.39, 0.29) is 0 Å². The molecule has 1 aliphatic heterocycles. The van der Waals surface area contributed by atoms with E-state index in [1.54, 1.807) is 7.11 Å². The molecule has 2 nitrogen and oxygen atoms in total. The highest BCUT2D eigenvalue weighted by molar-refractivity contribution is 5.76. The summed E-state index contributed by atoms with van der Waals surface area (Å²) in [5.41, 5.74) is 0. The molecule has 0 aromatic rings. The van der Waals surface area contributed by atoms with E-state index in [2.05, 4.69) is 25.8 Å². The maximum atomic E-state index is 5.27. The van der Waals surface area contributed by atoms with Crippen LogP contribution in [-0.2, 0) is 4.74 Å². The van der Waals surface area contributed by atoms with Crippen molar-refractivity contribution in [1.29, 1.82) is 0 Å². The van der Waals surface area contributed by atoms with Crippen LogP contribution in [0.1, 0.15) is 40.0 Å². The highest BCUT2D eigenvalue weighted by atomic mass is 16.5. The number of ether oxygens (including phenoxy) is 1. The lowest BCUT2D eigenvalue weighted by atomic mass is 9.96. The molecule has 0 amide bonds. The molecule has 1 unspecified atom stereocenters. The predicted octanol–water partition coefficient (Wildman–Crippen LogP) is 2.88. The van der Waals surface area contributed by atoms with Crippen LogP contribution >= 0.6 is 0 Å². The van der Waals surface area contributed by atoms with Gasteiger partial charge in [0.05, 0.1) is 13.2 Å². The number of aliphatic imine (C=N–C) groups is 1. The Kier molecular flexibility index (Phi) is 3.76. The highest BCUT2D eigenvalue weighted by Gasteiger charge is 2.20. The maximum absolute atomic E-state index is 5.27. The summed E-state index contributed by atoms with van der Waals surface area (Å²) in [6.45, 7) is 6.74. The fourth-order valence-electron chi connectivity index (χ4n) is 1.78. The fourth-order valence-corrected chi connectivity index (χ4v) is 1.78. The van der Waals surface area contributed by atoms with Crippen LogP contribution in [0.4, 0.5) is 0 Å². The third kappa shape index (κ3) is 3.02. The van der Waals surface area contributed by atoms with Gasteiger partial charge in [0.2, 0.25) is 0 Å². The van der Waals surface area contributed by atoms with Gasteiger partial charge in [-0.1, -0.05) is 20.8 Å². The van der Waals surface area contributed by atoms with Crippen LogP contribution < -0.4 is 0 Å². The Labute approximate surface area is 81.4 Å². The van der Waals surface area contributed by atoms with Crippen molar-refractivity contribution in [1.82, 2.24) is 0 Å². The minimum Gasteiger partial charge on any atom is -0.484 e. The Bertz CT molecular complexity index is 187. The quantitative estimate of drug-likeness (QED) is 0.612. The number of hydrogen-bond donors (Lipinski definition) is 0. The summed E-state index contributed by atoms with van der Waals surface area (Å²) in [5, 5.41) is 0. The van der Waals surface area contributed by atoms with E-state index in [0.717, 1.165) is 18.2 Å². The first kappa shape index (κ1) is 10.6. The SMILES string of the molecule is COC1=NC(C(C)C)CC[C@@H](C)C1. The smallest absolute Gasteiger partial charge is 0.183 e. The molecule has 2 heteroatoms. The zero-order chi connectivity index (χ0) is 9.84. The summed E-state index contributed by atoms with van der Waals surface area (Å²) in [6, 6.07) is 0.472. The van der Waals surface area contributed by atoms with Crippen molar-refractivity contribution in [2.45, 2.75) is 46.1 Å². The molecule has 1 rings (SSSR count). The van der Waals surface area contributed by atoms with Gasteiger partial charge in [-0.3, -0.25) is 4.99 Å². The Morgan fingerprint density at radius 2 is 2.08 bits per heavy atom. The van der Waals surface area contributed by atoms with Crippen molar-refractivity contribution in [3.8, 4) is 0 Å². The first-order chi connectivity index (χ1) is 6.13. The van der Waals surface area contributed by atoms with Crippen LogP contribution in [0.25, 0.3) is 0 Å². The van der Waals surface area contributed by atoms with Crippen LogP contribution in [0.2, 0.25) is 0 Å². The van der Waals surface area contributed by atoms with Gasteiger partial charge in [0.25, 0.3) is 0 Å². The molecule has 76 valence electrons. The van der Waals surface area contributed by atoms with Crippen LogP contribution in [0.15, 0.2) is 4.99 Å². The van der Waals surface area contributed by atoms with Crippen molar-refractivity contribution >= 4 is 5.90 Å². The standard InChI is InChI=1S/C11H21NO/c1-8(2)10-6-5-9(3)7-11(12-10)13-4/h8-10H,5-7H2,1-4H3/t9-,10?/m1/s1. The first-order valence-corrected chi connectivity index (χ1v) is 5.24. The van der Waals surface area contributed by atoms with Gasteiger partial charge in [-0.25, -0.2) is 0 Å². The van der Waals surface area contributed by atoms with Gasteiger partial charge >= 0.3 is 0 Å². The summed E-state index contributed by atoms with van der Waals surface area (Å²) >= 11 is 0. The average Bonchev–Trinajstić information content (AvgIpc) is 2.26. The van der Waals surface area contributed by atoms with Gasteiger partial charge in [0.15, 0.2) is 5.90 Å². The van der Waals surface area contributed by atoms with Crippen molar-refractivity contribution in [2.24, 2.45) is 16.8 Å². The molecular formula is C11H21NO. The van der Waals surface area contributed by atoms with Gasteiger partial charge in [-0.05, 0) is 24.7 Å². The summed E-state index contributed by atoms with van der Waals surface area (Å²) < 4.78 is 5.27. The van der Waals surface area contributed by atoms with E-state index in [9.17, 15) is 0 Å². The largest absolute Gasteiger partial charge is 0.484 e. The van der Waals surface area contributed by atoms with E-state index in [1.807, 2.05) is 0 Å². The summed E-state index contributed by atoms with van der Waals surface area (Å²) in [7, 11) is 1.73. The molecule has 0 aromatic carbocycles. The van der Waals surface area contributed by atoms with Gasteiger partial charge in [0, 0.05) is 6.42 Å². The monoisotopic (exact) mass is 183 g/mol. The Morgan fingerprint density at radius 1 is 1.38 bits per heavy atom. The van der Waals surface area contributed by atoms with Gasteiger partial charge in [-0.15, -0.1) is 0 Å². The second-order valence-corrected chi connectivity index (χ2v) is 4.42. The zero-order valence-corrected chi connectivity index (χ0v) is 9.21. The lowest BCUT2D eigenvalue weighted by Gasteiger charge is -2.14. The molecule has 0 fully saturated rings. The molecular weight excluding hydrogens is 162 g/mol. The lowest BCUT2D eigenvalue weighted by Crippen LogP contribution is -2.14. The molecule has 1 aliphatic rings. The van der Waals surface area contributed by atoms with Gasteiger partial charge in [0.1, 0.15) is 0 Å². The molecule has 0 radical (unpaired) electrons. The van der Waals surface area contributed by atoms with Crippen LogP contribution in [0.3, 0.4) is 0 Å². The number of hydrogen-bond acceptors (Lipinski definition) is 2. The second kappa shape index (κ2) is 4.64. The Hall–Kier alpha value is -0.530. The third-order valence-corrected chi connectivity index (χ3v) is 2.79. The van der Waals surface area contributed by atoms with Crippen molar-refractivity contribution in [3.63, 3.8) is 0 Å². The molecule has 0 N–H and O–H groups in total. The lowest BCUT2D eigenvalue weighted by molar-refractivity contribution is 0.376. The number of nitrogens with zero attached hydrogens (tertiary/aromatic N) is 1. The van der Waals surface area contributed by atoms with E-state index in [1.165, 1.54) is 12.8 Å². The highest BCUT2D eigenvalue weighted by Crippen LogP contribution is 2.23. The summed E-state index contributed by atoms with van der Waals surface area (Å²) in [5.74, 6) is 2.31. The minimum absolute atomic E-state index is 0.472. The molecule has 0 aliphatic carbocycles. The average molecular weight is 183 g/mol. The van der Waals surface area contributed by atoms with Crippen molar-refractivity contribution in [2.75, 3.05) is 7.11 Å².